The fraction of sp³-hybridized carbons (Fsp3) is 0.0556. The summed E-state index contributed by atoms with van der Waals surface area (Å²) in [6, 6.07) is 8.91. The van der Waals surface area contributed by atoms with E-state index >= 15 is 0 Å². The number of rotatable bonds is 3. The lowest BCUT2D eigenvalue weighted by Gasteiger charge is -2.05. The van der Waals surface area contributed by atoms with Crippen molar-refractivity contribution in [2.24, 2.45) is 0 Å². The monoisotopic (exact) mass is 291 g/mol. The number of halogens is 1. The third kappa shape index (κ3) is 3.06. The number of nitrogens with zero attached hydrogens (tertiary/aromatic N) is 3. The fourth-order valence-corrected chi connectivity index (χ4v) is 2.18. The quantitative estimate of drug-likeness (QED) is 0.724. The maximum atomic E-state index is 14.3. The van der Waals surface area contributed by atoms with Crippen LogP contribution in [0.5, 0.6) is 0 Å². The minimum Gasteiger partial charge on any atom is -0.265 e. The highest BCUT2D eigenvalue weighted by atomic mass is 19.1. The summed E-state index contributed by atoms with van der Waals surface area (Å²) in [4.78, 5) is 12.2. The third-order valence-electron chi connectivity index (χ3n) is 3.35. The molecule has 22 heavy (non-hydrogen) atoms. The molecule has 0 saturated heterocycles. The molecule has 1 aromatic carbocycles. The van der Waals surface area contributed by atoms with Crippen molar-refractivity contribution in [3.63, 3.8) is 0 Å². The van der Waals surface area contributed by atoms with Crippen LogP contribution < -0.4 is 0 Å². The molecule has 0 amide bonds. The van der Waals surface area contributed by atoms with Crippen molar-refractivity contribution >= 4 is 11.6 Å². The molecule has 0 aliphatic rings. The van der Waals surface area contributed by atoms with Gasteiger partial charge in [0.25, 0.3) is 0 Å². The van der Waals surface area contributed by atoms with Crippen LogP contribution in [0, 0.1) is 5.82 Å². The van der Waals surface area contributed by atoms with Crippen LogP contribution in [0.3, 0.4) is 0 Å². The molecule has 0 saturated carbocycles. The van der Waals surface area contributed by atoms with Gasteiger partial charge in [-0.2, -0.15) is 0 Å². The number of benzene rings is 1. The van der Waals surface area contributed by atoms with Gasteiger partial charge in [-0.3, -0.25) is 15.0 Å². The summed E-state index contributed by atoms with van der Waals surface area (Å²) in [6.45, 7) is 1.89. The highest BCUT2D eigenvalue weighted by Gasteiger charge is 2.05. The Balaban J connectivity index is 1.93. The molecular formula is C18H14FN3. The maximum Gasteiger partial charge on any atom is 0.131 e. The van der Waals surface area contributed by atoms with Crippen LogP contribution in [-0.4, -0.2) is 15.0 Å². The molecule has 0 spiro atoms. The molecular weight excluding hydrogens is 277 g/mol. The highest BCUT2D eigenvalue weighted by Crippen LogP contribution is 2.23. The molecule has 3 nitrogen and oxygen atoms in total. The second-order valence-corrected chi connectivity index (χ2v) is 4.89. The summed E-state index contributed by atoms with van der Waals surface area (Å²) in [5.41, 5.74) is 3.90. The molecule has 3 rings (SSSR count). The lowest BCUT2D eigenvalue weighted by atomic mass is 10.0. The van der Waals surface area contributed by atoms with E-state index in [0.717, 1.165) is 22.4 Å². The van der Waals surface area contributed by atoms with E-state index in [0.29, 0.717) is 5.56 Å². The van der Waals surface area contributed by atoms with Crippen molar-refractivity contribution in [3.8, 4) is 11.1 Å². The van der Waals surface area contributed by atoms with Crippen molar-refractivity contribution in [1.82, 2.24) is 15.0 Å². The van der Waals surface area contributed by atoms with E-state index in [2.05, 4.69) is 15.0 Å². The van der Waals surface area contributed by atoms with E-state index in [1.165, 1.54) is 6.07 Å². The zero-order valence-electron chi connectivity index (χ0n) is 12.1. The van der Waals surface area contributed by atoms with Crippen LogP contribution in [0.25, 0.3) is 22.8 Å². The van der Waals surface area contributed by atoms with Crippen molar-refractivity contribution in [2.45, 2.75) is 6.92 Å². The van der Waals surface area contributed by atoms with Gasteiger partial charge < -0.3 is 0 Å². The first-order valence-corrected chi connectivity index (χ1v) is 6.88. The van der Waals surface area contributed by atoms with Gasteiger partial charge in [0.15, 0.2) is 0 Å². The normalized spacial score (nSPS) is 11.5. The smallest absolute Gasteiger partial charge is 0.131 e. The highest BCUT2D eigenvalue weighted by molar-refractivity contribution is 5.79. The molecule has 0 radical (unpaired) electrons. The van der Waals surface area contributed by atoms with Crippen LogP contribution in [-0.2, 0) is 0 Å². The van der Waals surface area contributed by atoms with Gasteiger partial charge in [-0.1, -0.05) is 12.1 Å². The maximum absolute atomic E-state index is 14.3. The van der Waals surface area contributed by atoms with E-state index in [1.807, 2.05) is 25.1 Å². The van der Waals surface area contributed by atoms with E-state index in [-0.39, 0.29) is 5.82 Å². The van der Waals surface area contributed by atoms with E-state index in [9.17, 15) is 4.39 Å². The molecule has 0 aliphatic carbocycles. The van der Waals surface area contributed by atoms with Crippen molar-refractivity contribution in [2.75, 3.05) is 0 Å². The number of hydrogen-bond acceptors (Lipinski definition) is 3. The van der Waals surface area contributed by atoms with Crippen LogP contribution >= 0.6 is 0 Å². The average Bonchev–Trinajstić information content (AvgIpc) is 2.58. The van der Waals surface area contributed by atoms with E-state index in [4.69, 9.17) is 0 Å². The molecule has 2 heterocycles. The van der Waals surface area contributed by atoms with Gasteiger partial charge in [0, 0.05) is 30.4 Å². The average molecular weight is 291 g/mol. The first kappa shape index (κ1) is 14.1. The molecule has 0 atom stereocenters. The van der Waals surface area contributed by atoms with Crippen LogP contribution in [0.15, 0.2) is 61.3 Å². The lowest BCUT2D eigenvalue weighted by molar-refractivity contribution is 0.625. The Labute approximate surface area is 128 Å². The van der Waals surface area contributed by atoms with Crippen molar-refractivity contribution in [3.05, 3.63) is 78.4 Å². The van der Waals surface area contributed by atoms with Gasteiger partial charge in [-0.15, -0.1) is 0 Å². The van der Waals surface area contributed by atoms with Gasteiger partial charge in [0.2, 0.25) is 0 Å². The molecule has 4 heteroatoms. The summed E-state index contributed by atoms with van der Waals surface area (Å²) in [5, 5.41) is 0. The predicted molar refractivity (Wildman–Crippen MR) is 85.2 cm³/mol. The van der Waals surface area contributed by atoms with Gasteiger partial charge >= 0.3 is 0 Å². The Morgan fingerprint density at radius 1 is 0.955 bits per heavy atom. The van der Waals surface area contributed by atoms with Crippen LogP contribution in [0.4, 0.5) is 4.39 Å². The van der Waals surface area contributed by atoms with E-state index < -0.39 is 0 Å². The molecule has 108 valence electrons. The summed E-state index contributed by atoms with van der Waals surface area (Å²) >= 11 is 0. The largest absolute Gasteiger partial charge is 0.265 e. The predicted octanol–water partition coefficient (Wildman–Crippen LogP) is 4.24. The molecule has 0 unspecified atom stereocenters. The van der Waals surface area contributed by atoms with Gasteiger partial charge in [0.05, 0.1) is 11.9 Å². The Morgan fingerprint density at radius 2 is 1.77 bits per heavy atom. The molecule has 2 aromatic heterocycles. The second-order valence-electron chi connectivity index (χ2n) is 4.89. The number of aromatic nitrogens is 3. The Morgan fingerprint density at radius 3 is 2.45 bits per heavy atom. The summed E-state index contributed by atoms with van der Waals surface area (Å²) in [5.74, 6) is -0.266. The molecule has 0 aliphatic heterocycles. The first-order valence-electron chi connectivity index (χ1n) is 6.88. The molecule has 0 bridgehead atoms. The number of hydrogen-bond donors (Lipinski definition) is 0. The summed E-state index contributed by atoms with van der Waals surface area (Å²) in [7, 11) is 0. The Bertz CT molecular complexity index is 799. The molecule has 0 fully saturated rings. The van der Waals surface area contributed by atoms with Gasteiger partial charge in [-0.05, 0) is 47.9 Å². The SMILES string of the molecule is CC(=Cc1ccc(-c2ccncc2)cc1F)c1cnccn1. The zero-order valence-corrected chi connectivity index (χ0v) is 12.1. The summed E-state index contributed by atoms with van der Waals surface area (Å²) < 4.78 is 14.3. The number of allylic oxidation sites excluding steroid dienone is 1. The van der Waals surface area contributed by atoms with Gasteiger partial charge in [-0.25, -0.2) is 4.39 Å². The van der Waals surface area contributed by atoms with E-state index in [1.54, 1.807) is 43.1 Å². The molecule has 0 N–H and O–H groups in total. The second kappa shape index (κ2) is 6.26. The summed E-state index contributed by atoms with van der Waals surface area (Å²) in [6.07, 6.45) is 10.1. The minimum absolute atomic E-state index is 0.266. The minimum atomic E-state index is -0.266. The fourth-order valence-electron chi connectivity index (χ4n) is 2.18. The van der Waals surface area contributed by atoms with Crippen molar-refractivity contribution in [1.29, 1.82) is 0 Å². The zero-order chi connectivity index (χ0) is 15.4. The standard InChI is InChI=1S/C18H14FN3/c1-13(18-12-21-8-9-22-18)10-16-3-2-15(11-17(16)19)14-4-6-20-7-5-14/h2-12H,1H3. The first-order chi connectivity index (χ1) is 10.7. The Hall–Kier alpha value is -2.88. The van der Waals surface area contributed by atoms with Crippen molar-refractivity contribution < 1.29 is 4.39 Å². The van der Waals surface area contributed by atoms with Crippen LogP contribution in [0.2, 0.25) is 0 Å². The lowest BCUT2D eigenvalue weighted by Crippen LogP contribution is -1.89. The topological polar surface area (TPSA) is 38.7 Å². The van der Waals surface area contributed by atoms with Gasteiger partial charge in [0.1, 0.15) is 5.82 Å². The van der Waals surface area contributed by atoms with Crippen LogP contribution in [0.1, 0.15) is 18.2 Å². The third-order valence-corrected chi connectivity index (χ3v) is 3.35. The number of pyridine rings is 1. The Kier molecular flexibility index (Phi) is 4.01. The molecule has 3 aromatic rings.